The number of aromatic nitrogens is 2. The molecule has 1 N–H and O–H groups in total. The van der Waals surface area contributed by atoms with Gasteiger partial charge in [-0.2, -0.15) is 5.26 Å². The number of aromatic amines is 1. The number of ether oxygens (including phenoxy) is 2. The summed E-state index contributed by atoms with van der Waals surface area (Å²) < 4.78 is 11.7. The third kappa shape index (κ3) is 4.88. The Morgan fingerprint density at radius 2 is 1.88 bits per heavy atom. The monoisotopic (exact) mass is 463 g/mol. The number of rotatable bonds is 7. The smallest absolute Gasteiger partial charge is 0.161 e. The van der Waals surface area contributed by atoms with Gasteiger partial charge in [0.25, 0.3) is 0 Å². The molecule has 3 aromatic carbocycles. The minimum Gasteiger partial charge on any atom is -0.490 e. The topological polar surface area (TPSA) is 70.9 Å². The molecular weight excluding hydrogens is 445 g/mol. The number of hydrogen-bond donors (Lipinski definition) is 1. The summed E-state index contributed by atoms with van der Waals surface area (Å²) in [6, 6.07) is 20.8. The maximum Gasteiger partial charge on any atom is 0.161 e. The summed E-state index contributed by atoms with van der Waals surface area (Å²) in [7, 11) is 0. The summed E-state index contributed by atoms with van der Waals surface area (Å²) in [6.07, 6.45) is 1.77. The quantitative estimate of drug-likeness (QED) is 0.302. The van der Waals surface area contributed by atoms with Crippen molar-refractivity contribution in [3.8, 4) is 17.6 Å². The van der Waals surface area contributed by atoms with Crippen LogP contribution in [0, 0.1) is 11.3 Å². The van der Waals surface area contributed by atoms with Gasteiger partial charge in [0.1, 0.15) is 18.5 Å². The van der Waals surface area contributed by atoms with Crippen molar-refractivity contribution in [3.63, 3.8) is 0 Å². The summed E-state index contributed by atoms with van der Waals surface area (Å²) >= 11 is 12.1. The standard InChI is InChI=1S/C25H19Cl2N3O2/c1-2-31-24-13-16(8-10-23(24)32-15-17-7-9-19(26)20(27)12-17)11-18(14-28)25-29-21-5-3-4-6-22(21)30-25/h3-13H,2,15H2,1H3,(H,29,30). The zero-order valence-corrected chi connectivity index (χ0v) is 18.7. The fourth-order valence-electron chi connectivity index (χ4n) is 3.19. The van der Waals surface area contributed by atoms with Gasteiger partial charge in [0.15, 0.2) is 11.5 Å². The van der Waals surface area contributed by atoms with E-state index in [-0.39, 0.29) is 0 Å². The van der Waals surface area contributed by atoms with Gasteiger partial charge in [-0.3, -0.25) is 0 Å². The lowest BCUT2D eigenvalue weighted by Crippen LogP contribution is -2.00. The molecule has 0 aliphatic heterocycles. The predicted octanol–water partition coefficient (Wildman–Crippen LogP) is 6.91. The van der Waals surface area contributed by atoms with E-state index in [1.165, 1.54) is 0 Å². The van der Waals surface area contributed by atoms with Crippen LogP contribution in [0.4, 0.5) is 0 Å². The van der Waals surface area contributed by atoms with Crippen LogP contribution in [-0.2, 0) is 6.61 Å². The number of fused-ring (bicyclic) bond motifs is 1. The molecule has 0 amide bonds. The maximum absolute atomic E-state index is 9.69. The van der Waals surface area contributed by atoms with Gasteiger partial charge >= 0.3 is 0 Å². The van der Waals surface area contributed by atoms with Gasteiger partial charge in [-0.25, -0.2) is 4.98 Å². The molecule has 0 fully saturated rings. The van der Waals surface area contributed by atoms with Gasteiger partial charge in [0, 0.05) is 0 Å². The average molecular weight is 464 g/mol. The molecule has 0 bridgehead atoms. The Morgan fingerprint density at radius 3 is 2.62 bits per heavy atom. The number of H-pyrrole nitrogens is 1. The van der Waals surface area contributed by atoms with E-state index in [0.29, 0.717) is 46.2 Å². The molecule has 4 aromatic rings. The second-order valence-corrected chi connectivity index (χ2v) is 7.76. The zero-order valence-electron chi connectivity index (χ0n) is 17.2. The van der Waals surface area contributed by atoms with Crippen molar-refractivity contribution >= 4 is 45.9 Å². The van der Waals surface area contributed by atoms with Gasteiger partial charge in [0.2, 0.25) is 0 Å². The molecule has 0 aliphatic carbocycles. The van der Waals surface area contributed by atoms with Crippen LogP contribution in [0.25, 0.3) is 22.7 Å². The van der Waals surface area contributed by atoms with E-state index in [1.54, 1.807) is 18.2 Å². The number of nitriles is 1. The predicted molar refractivity (Wildman–Crippen MR) is 128 cm³/mol. The summed E-state index contributed by atoms with van der Waals surface area (Å²) in [4.78, 5) is 7.70. The highest BCUT2D eigenvalue weighted by Crippen LogP contribution is 2.31. The Kier molecular flexibility index (Phi) is 6.65. The van der Waals surface area contributed by atoms with E-state index in [9.17, 15) is 5.26 Å². The summed E-state index contributed by atoms with van der Waals surface area (Å²) in [5, 5.41) is 10.7. The first-order valence-electron chi connectivity index (χ1n) is 9.98. The lowest BCUT2D eigenvalue weighted by atomic mass is 10.1. The molecule has 0 radical (unpaired) electrons. The molecule has 0 atom stereocenters. The molecule has 5 nitrogen and oxygen atoms in total. The van der Waals surface area contributed by atoms with Crippen molar-refractivity contribution in [2.45, 2.75) is 13.5 Å². The van der Waals surface area contributed by atoms with Gasteiger partial charge in [-0.05, 0) is 60.5 Å². The zero-order chi connectivity index (χ0) is 22.5. The van der Waals surface area contributed by atoms with Crippen molar-refractivity contribution in [2.75, 3.05) is 6.61 Å². The van der Waals surface area contributed by atoms with Crippen LogP contribution in [0.1, 0.15) is 23.9 Å². The average Bonchev–Trinajstić information content (AvgIpc) is 3.23. The normalized spacial score (nSPS) is 11.4. The number of hydrogen-bond acceptors (Lipinski definition) is 4. The third-order valence-electron chi connectivity index (χ3n) is 4.72. The molecule has 0 saturated carbocycles. The van der Waals surface area contributed by atoms with Crippen molar-refractivity contribution < 1.29 is 9.47 Å². The second-order valence-electron chi connectivity index (χ2n) is 6.95. The van der Waals surface area contributed by atoms with Gasteiger partial charge < -0.3 is 14.5 Å². The summed E-state index contributed by atoms with van der Waals surface area (Å²) in [6.45, 7) is 2.69. The molecule has 1 aromatic heterocycles. The van der Waals surface area contributed by atoms with E-state index in [1.807, 2.05) is 55.5 Å². The van der Waals surface area contributed by atoms with E-state index < -0.39 is 0 Å². The SMILES string of the molecule is CCOc1cc(C=C(C#N)c2nc3ccccc3[nH]2)ccc1OCc1ccc(Cl)c(Cl)c1. The van der Waals surface area contributed by atoms with E-state index >= 15 is 0 Å². The minimum absolute atomic E-state index is 0.314. The van der Waals surface area contributed by atoms with E-state index in [4.69, 9.17) is 32.7 Å². The number of allylic oxidation sites excluding steroid dienone is 1. The van der Waals surface area contributed by atoms with Gasteiger partial charge in [-0.15, -0.1) is 0 Å². The summed E-state index contributed by atoms with van der Waals surface area (Å²) in [5.41, 5.74) is 3.80. The molecule has 0 saturated heterocycles. The lowest BCUT2D eigenvalue weighted by Gasteiger charge is -2.13. The Morgan fingerprint density at radius 1 is 1.03 bits per heavy atom. The number of halogens is 2. The van der Waals surface area contributed by atoms with E-state index in [0.717, 1.165) is 22.2 Å². The highest BCUT2D eigenvalue weighted by atomic mass is 35.5. The Hall–Kier alpha value is -3.46. The first kappa shape index (κ1) is 21.8. The molecule has 7 heteroatoms. The molecular formula is C25H19Cl2N3O2. The van der Waals surface area contributed by atoms with Gasteiger partial charge in [0.05, 0.1) is 33.3 Å². The molecule has 160 valence electrons. The fraction of sp³-hybridized carbons (Fsp3) is 0.120. The van der Waals surface area contributed by atoms with Crippen molar-refractivity contribution in [2.24, 2.45) is 0 Å². The number of nitrogens with zero attached hydrogens (tertiary/aromatic N) is 2. The van der Waals surface area contributed by atoms with E-state index in [2.05, 4.69) is 16.0 Å². The molecule has 0 spiro atoms. The maximum atomic E-state index is 9.69. The lowest BCUT2D eigenvalue weighted by molar-refractivity contribution is 0.269. The Labute approximate surface area is 195 Å². The Bertz CT molecular complexity index is 1310. The van der Waals surface area contributed by atoms with Crippen LogP contribution >= 0.6 is 23.2 Å². The van der Waals surface area contributed by atoms with Crippen LogP contribution in [0.3, 0.4) is 0 Å². The first-order valence-corrected chi connectivity index (χ1v) is 10.7. The number of benzene rings is 3. The number of imidazole rings is 1. The third-order valence-corrected chi connectivity index (χ3v) is 5.46. The number of nitrogens with one attached hydrogen (secondary N) is 1. The second kappa shape index (κ2) is 9.78. The van der Waals surface area contributed by atoms with Crippen molar-refractivity contribution in [3.05, 3.63) is 87.7 Å². The minimum atomic E-state index is 0.314. The molecule has 32 heavy (non-hydrogen) atoms. The van der Waals surface area contributed by atoms with Crippen LogP contribution in [-0.4, -0.2) is 16.6 Å². The highest BCUT2D eigenvalue weighted by Gasteiger charge is 2.11. The van der Waals surface area contributed by atoms with Crippen LogP contribution < -0.4 is 9.47 Å². The van der Waals surface area contributed by atoms with Gasteiger partial charge in [-0.1, -0.05) is 47.5 Å². The first-order chi connectivity index (χ1) is 15.6. The largest absolute Gasteiger partial charge is 0.490 e. The van der Waals surface area contributed by atoms with Crippen LogP contribution in [0.5, 0.6) is 11.5 Å². The number of para-hydroxylation sites is 2. The van der Waals surface area contributed by atoms with Crippen molar-refractivity contribution in [1.29, 1.82) is 5.26 Å². The molecule has 4 rings (SSSR count). The van der Waals surface area contributed by atoms with Crippen molar-refractivity contribution in [1.82, 2.24) is 9.97 Å². The molecule has 0 aliphatic rings. The molecule has 0 unspecified atom stereocenters. The fourth-order valence-corrected chi connectivity index (χ4v) is 3.51. The van der Waals surface area contributed by atoms with Crippen LogP contribution in [0.15, 0.2) is 60.7 Å². The molecule has 1 heterocycles. The highest BCUT2D eigenvalue weighted by molar-refractivity contribution is 6.42. The van der Waals surface area contributed by atoms with Crippen LogP contribution in [0.2, 0.25) is 10.0 Å². The summed E-state index contributed by atoms with van der Waals surface area (Å²) in [5.74, 6) is 1.70. The Balaban J connectivity index is 1.59.